The van der Waals surface area contributed by atoms with Crippen LogP contribution in [-0.4, -0.2) is 41.8 Å². The van der Waals surface area contributed by atoms with Crippen LogP contribution in [0.2, 0.25) is 0 Å². The van der Waals surface area contributed by atoms with Crippen LogP contribution in [0.1, 0.15) is 6.42 Å². The van der Waals surface area contributed by atoms with Gasteiger partial charge in [-0.15, -0.1) is 0 Å². The fourth-order valence-corrected chi connectivity index (χ4v) is 2.04. The largest absolute Gasteiger partial charge is 0.481 e. The minimum absolute atomic E-state index is 0.0206. The van der Waals surface area contributed by atoms with E-state index in [1.165, 1.54) is 4.90 Å². The molecule has 0 aromatic carbocycles. The van der Waals surface area contributed by atoms with Gasteiger partial charge in [-0.2, -0.15) is 13.2 Å². The van der Waals surface area contributed by atoms with E-state index in [-0.39, 0.29) is 18.1 Å². The van der Waals surface area contributed by atoms with Gasteiger partial charge in [0.05, 0.1) is 0 Å². The molecule has 1 unspecified atom stereocenters. The molecule has 0 aromatic heterocycles. The molecule has 1 aliphatic heterocycles. The number of likely N-dealkylation sites (tertiary alicyclic amines) is 1. The summed E-state index contributed by atoms with van der Waals surface area (Å²) in [4.78, 5) is 12.2. The van der Waals surface area contributed by atoms with Gasteiger partial charge in [-0.05, 0) is 6.42 Å². The van der Waals surface area contributed by atoms with Crippen LogP contribution in [-0.2, 0) is 4.79 Å². The fraction of sp³-hybridized carbons (Fsp3) is 0.667. The Kier molecular flexibility index (Phi) is 4.33. The summed E-state index contributed by atoms with van der Waals surface area (Å²) in [6.45, 7) is -0.560. The second-order valence-electron chi connectivity index (χ2n) is 3.90. The van der Waals surface area contributed by atoms with E-state index in [4.69, 9.17) is 28.3 Å². The highest BCUT2D eigenvalue weighted by atomic mass is 35.5. The van der Waals surface area contributed by atoms with Crippen LogP contribution in [0.15, 0.2) is 10.6 Å². The van der Waals surface area contributed by atoms with E-state index in [0.717, 1.165) is 5.54 Å². The summed E-state index contributed by atoms with van der Waals surface area (Å²) in [5.74, 6) is -1.85. The maximum atomic E-state index is 12.8. The van der Waals surface area contributed by atoms with Gasteiger partial charge in [-0.1, -0.05) is 23.2 Å². The molecule has 0 spiro atoms. The number of rotatable bonds is 3. The summed E-state index contributed by atoms with van der Waals surface area (Å²) in [6.07, 6.45) is -5.25. The average molecular weight is 292 g/mol. The van der Waals surface area contributed by atoms with Crippen molar-refractivity contribution in [2.24, 2.45) is 5.41 Å². The monoisotopic (exact) mass is 291 g/mol. The zero-order chi connectivity index (χ0) is 13.3. The first kappa shape index (κ1) is 14.6. The van der Waals surface area contributed by atoms with Gasteiger partial charge in [0.15, 0.2) is 5.41 Å². The molecule has 0 amide bonds. The normalized spacial score (nSPS) is 27.5. The van der Waals surface area contributed by atoms with E-state index in [2.05, 4.69) is 0 Å². The molecular formula is C9H10Cl2F3NO2. The molecule has 0 aromatic rings. The highest BCUT2D eigenvalue weighted by Gasteiger charge is 2.63. The Labute approximate surface area is 106 Å². The number of carbonyl (C=O) groups is 1. The summed E-state index contributed by atoms with van der Waals surface area (Å²) < 4.78 is 38.3. The van der Waals surface area contributed by atoms with Gasteiger partial charge < -0.3 is 5.11 Å². The van der Waals surface area contributed by atoms with E-state index in [1.807, 2.05) is 0 Å². The summed E-state index contributed by atoms with van der Waals surface area (Å²) in [5, 5.41) is 8.96. The lowest BCUT2D eigenvalue weighted by molar-refractivity contribution is -0.227. The Morgan fingerprint density at radius 1 is 1.53 bits per heavy atom. The Hall–Kier alpha value is -0.460. The summed E-state index contributed by atoms with van der Waals surface area (Å²) in [5.41, 5.74) is -1.65. The summed E-state index contributed by atoms with van der Waals surface area (Å²) in [7, 11) is 0. The minimum Gasteiger partial charge on any atom is -0.481 e. The SMILES string of the molecule is O=C(O)C1(C(F)(F)F)CCN(CC(Cl)=CCl)C1. The molecule has 3 nitrogen and oxygen atoms in total. The van der Waals surface area contributed by atoms with Crippen molar-refractivity contribution in [1.29, 1.82) is 0 Å². The van der Waals surface area contributed by atoms with Crippen LogP contribution >= 0.6 is 23.2 Å². The molecule has 1 atom stereocenters. The number of aliphatic carboxylic acids is 1. The van der Waals surface area contributed by atoms with Crippen molar-refractivity contribution in [3.8, 4) is 0 Å². The van der Waals surface area contributed by atoms with Crippen molar-refractivity contribution >= 4 is 29.2 Å². The first-order valence-corrected chi connectivity index (χ1v) is 5.51. The molecule has 0 bridgehead atoms. The summed E-state index contributed by atoms with van der Waals surface area (Å²) in [6, 6.07) is 0. The van der Waals surface area contributed by atoms with Gasteiger partial charge in [0, 0.05) is 30.2 Å². The molecule has 8 heteroatoms. The van der Waals surface area contributed by atoms with E-state index in [9.17, 15) is 18.0 Å². The van der Waals surface area contributed by atoms with Crippen molar-refractivity contribution < 1.29 is 23.1 Å². The second-order valence-corrected chi connectivity index (χ2v) is 4.61. The second kappa shape index (κ2) is 5.04. The zero-order valence-corrected chi connectivity index (χ0v) is 10.1. The van der Waals surface area contributed by atoms with Crippen molar-refractivity contribution in [1.82, 2.24) is 4.90 Å². The Balaban J connectivity index is 2.84. The summed E-state index contributed by atoms with van der Waals surface area (Å²) >= 11 is 10.9. The fourth-order valence-electron chi connectivity index (χ4n) is 1.80. The Morgan fingerprint density at radius 3 is 2.47 bits per heavy atom. The number of hydrogen-bond donors (Lipinski definition) is 1. The van der Waals surface area contributed by atoms with E-state index in [1.54, 1.807) is 0 Å². The lowest BCUT2D eigenvalue weighted by Gasteiger charge is -2.27. The molecule has 1 N–H and O–H groups in total. The van der Waals surface area contributed by atoms with Crippen molar-refractivity contribution in [2.75, 3.05) is 19.6 Å². The number of nitrogens with zero attached hydrogens (tertiary/aromatic N) is 1. The Bertz CT molecular complexity index is 346. The lowest BCUT2D eigenvalue weighted by atomic mass is 9.86. The molecule has 1 aliphatic rings. The minimum atomic E-state index is -4.77. The average Bonchev–Trinajstić information content (AvgIpc) is 2.62. The first-order valence-electron chi connectivity index (χ1n) is 4.70. The third-order valence-corrected chi connectivity index (χ3v) is 3.40. The molecule has 0 saturated carbocycles. The molecular weight excluding hydrogens is 282 g/mol. The lowest BCUT2D eigenvalue weighted by Crippen LogP contribution is -2.47. The molecule has 98 valence electrons. The van der Waals surface area contributed by atoms with E-state index < -0.39 is 30.5 Å². The smallest absolute Gasteiger partial charge is 0.406 e. The predicted octanol–water partition coefficient (Wildman–Crippen LogP) is 2.64. The van der Waals surface area contributed by atoms with E-state index >= 15 is 0 Å². The standard InChI is InChI=1S/C9H10Cl2F3NO2/c10-3-6(11)4-15-2-1-8(5-15,7(16)17)9(12,13)14/h3H,1-2,4-5H2,(H,16,17). The highest BCUT2D eigenvalue weighted by molar-refractivity contribution is 6.36. The topological polar surface area (TPSA) is 40.5 Å². The van der Waals surface area contributed by atoms with E-state index in [0.29, 0.717) is 0 Å². The molecule has 1 rings (SSSR count). The highest BCUT2D eigenvalue weighted by Crippen LogP contribution is 2.45. The predicted molar refractivity (Wildman–Crippen MR) is 57.0 cm³/mol. The molecule has 1 saturated heterocycles. The maximum absolute atomic E-state index is 12.8. The molecule has 17 heavy (non-hydrogen) atoms. The first-order chi connectivity index (χ1) is 7.73. The third kappa shape index (κ3) is 2.86. The van der Waals surface area contributed by atoms with Crippen LogP contribution in [0.5, 0.6) is 0 Å². The molecule has 1 heterocycles. The third-order valence-electron chi connectivity index (χ3n) is 2.79. The van der Waals surface area contributed by atoms with Crippen molar-refractivity contribution in [3.05, 3.63) is 10.6 Å². The quantitative estimate of drug-likeness (QED) is 0.869. The van der Waals surface area contributed by atoms with Crippen molar-refractivity contribution in [2.45, 2.75) is 12.6 Å². The van der Waals surface area contributed by atoms with Crippen LogP contribution in [0.4, 0.5) is 13.2 Å². The van der Waals surface area contributed by atoms with Crippen LogP contribution in [0.25, 0.3) is 0 Å². The number of carboxylic acid groups (broad SMARTS) is 1. The molecule has 0 radical (unpaired) electrons. The van der Waals surface area contributed by atoms with Crippen LogP contribution in [0.3, 0.4) is 0 Å². The zero-order valence-electron chi connectivity index (χ0n) is 8.60. The van der Waals surface area contributed by atoms with Crippen LogP contribution in [0, 0.1) is 5.41 Å². The molecule has 1 fully saturated rings. The van der Waals surface area contributed by atoms with Gasteiger partial charge in [0.1, 0.15) is 0 Å². The number of carboxylic acids is 1. The van der Waals surface area contributed by atoms with Gasteiger partial charge >= 0.3 is 12.1 Å². The number of alkyl halides is 3. The van der Waals surface area contributed by atoms with Crippen molar-refractivity contribution in [3.63, 3.8) is 0 Å². The van der Waals surface area contributed by atoms with Gasteiger partial charge in [0.25, 0.3) is 0 Å². The van der Waals surface area contributed by atoms with Gasteiger partial charge in [-0.25, -0.2) is 0 Å². The Morgan fingerprint density at radius 2 is 2.12 bits per heavy atom. The maximum Gasteiger partial charge on any atom is 0.406 e. The number of hydrogen-bond acceptors (Lipinski definition) is 2. The van der Waals surface area contributed by atoms with Crippen LogP contribution < -0.4 is 0 Å². The number of halogens is 5. The molecule has 0 aliphatic carbocycles. The van der Waals surface area contributed by atoms with Gasteiger partial charge in [0.2, 0.25) is 0 Å². The van der Waals surface area contributed by atoms with Gasteiger partial charge in [-0.3, -0.25) is 9.69 Å².